The van der Waals surface area contributed by atoms with Crippen molar-refractivity contribution in [3.8, 4) is 17.2 Å². The SMILES string of the molecule is COc1cc(C(=O)NCC(=O)N/N=C/c2ccc([N+](=O)[O-])cc2)cc(OC)c1OC. The van der Waals surface area contributed by atoms with Gasteiger partial charge in [-0.1, -0.05) is 0 Å². The largest absolute Gasteiger partial charge is 0.493 e. The molecule has 0 heterocycles. The second-order valence-corrected chi connectivity index (χ2v) is 5.74. The number of hydrogen-bond acceptors (Lipinski definition) is 8. The molecule has 0 aliphatic carbocycles. The van der Waals surface area contributed by atoms with Crippen LogP contribution in [0.4, 0.5) is 5.69 Å². The molecule has 2 aromatic carbocycles. The van der Waals surface area contributed by atoms with Gasteiger partial charge in [0, 0.05) is 17.7 Å². The van der Waals surface area contributed by atoms with Gasteiger partial charge in [-0.05, 0) is 29.8 Å². The monoisotopic (exact) mass is 416 g/mol. The highest BCUT2D eigenvalue weighted by molar-refractivity contribution is 5.97. The minimum atomic E-state index is -0.561. The molecule has 0 unspecified atom stereocenters. The first kappa shape index (κ1) is 22.1. The molecule has 0 aromatic heterocycles. The Labute approximate surface area is 171 Å². The lowest BCUT2D eigenvalue weighted by atomic mass is 10.1. The van der Waals surface area contributed by atoms with E-state index in [1.54, 1.807) is 0 Å². The van der Waals surface area contributed by atoms with Crippen molar-refractivity contribution in [2.24, 2.45) is 5.10 Å². The van der Waals surface area contributed by atoms with Crippen LogP contribution in [0.15, 0.2) is 41.5 Å². The number of nitro benzene ring substituents is 1. The van der Waals surface area contributed by atoms with E-state index in [9.17, 15) is 19.7 Å². The molecule has 0 aliphatic rings. The molecule has 11 nitrogen and oxygen atoms in total. The maximum absolute atomic E-state index is 12.3. The van der Waals surface area contributed by atoms with E-state index in [-0.39, 0.29) is 17.8 Å². The van der Waals surface area contributed by atoms with Gasteiger partial charge in [-0.15, -0.1) is 0 Å². The van der Waals surface area contributed by atoms with Crippen LogP contribution in [0.1, 0.15) is 15.9 Å². The molecule has 11 heteroatoms. The normalized spacial score (nSPS) is 10.4. The number of nitrogens with zero attached hydrogens (tertiary/aromatic N) is 2. The van der Waals surface area contributed by atoms with Crippen LogP contribution in [-0.4, -0.2) is 50.8 Å². The van der Waals surface area contributed by atoms with Gasteiger partial charge in [0.1, 0.15) is 0 Å². The fourth-order valence-corrected chi connectivity index (χ4v) is 2.38. The number of hydrogen-bond donors (Lipinski definition) is 2. The zero-order valence-electron chi connectivity index (χ0n) is 16.5. The predicted molar refractivity (Wildman–Crippen MR) is 107 cm³/mol. The van der Waals surface area contributed by atoms with Crippen LogP contribution < -0.4 is 25.0 Å². The van der Waals surface area contributed by atoms with E-state index >= 15 is 0 Å². The third-order valence-corrected chi connectivity index (χ3v) is 3.84. The van der Waals surface area contributed by atoms with Crippen molar-refractivity contribution in [2.45, 2.75) is 0 Å². The van der Waals surface area contributed by atoms with Gasteiger partial charge in [0.15, 0.2) is 11.5 Å². The van der Waals surface area contributed by atoms with Gasteiger partial charge in [-0.2, -0.15) is 5.10 Å². The summed E-state index contributed by atoms with van der Waals surface area (Å²) < 4.78 is 15.6. The molecule has 0 saturated carbocycles. The van der Waals surface area contributed by atoms with E-state index in [0.29, 0.717) is 22.8 Å². The van der Waals surface area contributed by atoms with Gasteiger partial charge in [0.05, 0.1) is 39.0 Å². The minimum absolute atomic E-state index is 0.0503. The van der Waals surface area contributed by atoms with Crippen LogP contribution in [0.2, 0.25) is 0 Å². The van der Waals surface area contributed by atoms with Gasteiger partial charge in [0.25, 0.3) is 17.5 Å². The molecule has 0 radical (unpaired) electrons. The molecule has 158 valence electrons. The van der Waals surface area contributed by atoms with E-state index in [1.807, 2.05) is 0 Å². The predicted octanol–water partition coefficient (Wildman–Crippen LogP) is 1.50. The maximum atomic E-state index is 12.3. The average molecular weight is 416 g/mol. The van der Waals surface area contributed by atoms with Crippen molar-refractivity contribution in [2.75, 3.05) is 27.9 Å². The van der Waals surface area contributed by atoms with E-state index in [1.165, 1.54) is 63.9 Å². The Morgan fingerprint density at radius 3 is 2.17 bits per heavy atom. The molecule has 0 bridgehead atoms. The van der Waals surface area contributed by atoms with Crippen LogP contribution in [0.5, 0.6) is 17.2 Å². The average Bonchev–Trinajstić information content (AvgIpc) is 2.76. The summed E-state index contributed by atoms with van der Waals surface area (Å²) in [6.45, 7) is -0.326. The maximum Gasteiger partial charge on any atom is 0.269 e. The second kappa shape index (κ2) is 10.4. The van der Waals surface area contributed by atoms with E-state index in [0.717, 1.165) is 0 Å². The van der Waals surface area contributed by atoms with Crippen LogP contribution in [0, 0.1) is 10.1 Å². The van der Waals surface area contributed by atoms with Crippen LogP contribution in [0.25, 0.3) is 0 Å². The van der Waals surface area contributed by atoms with Gasteiger partial charge in [0.2, 0.25) is 5.75 Å². The van der Waals surface area contributed by atoms with Crippen molar-refractivity contribution in [1.29, 1.82) is 0 Å². The highest BCUT2D eigenvalue weighted by atomic mass is 16.6. The summed E-state index contributed by atoms with van der Waals surface area (Å²) in [6, 6.07) is 8.53. The van der Waals surface area contributed by atoms with Crippen LogP contribution >= 0.6 is 0 Å². The molecule has 0 spiro atoms. The zero-order valence-corrected chi connectivity index (χ0v) is 16.5. The number of amides is 2. The molecule has 0 aliphatic heterocycles. The van der Waals surface area contributed by atoms with Crippen molar-refractivity contribution >= 4 is 23.7 Å². The molecular formula is C19H20N4O7. The molecule has 0 fully saturated rings. The number of benzene rings is 2. The quantitative estimate of drug-likeness (QED) is 0.358. The van der Waals surface area contributed by atoms with Crippen molar-refractivity contribution < 1.29 is 28.7 Å². The van der Waals surface area contributed by atoms with Gasteiger partial charge in [-0.25, -0.2) is 5.43 Å². The number of hydrazone groups is 1. The summed E-state index contributed by atoms with van der Waals surface area (Å²) in [5.41, 5.74) is 2.97. The summed E-state index contributed by atoms with van der Waals surface area (Å²) >= 11 is 0. The van der Waals surface area contributed by atoms with Gasteiger partial charge >= 0.3 is 0 Å². The lowest BCUT2D eigenvalue weighted by Gasteiger charge is -2.14. The van der Waals surface area contributed by atoms with Crippen molar-refractivity contribution in [3.63, 3.8) is 0 Å². The Morgan fingerprint density at radius 2 is 1.67 bits per heavy atom. The molecule has 2 aromatic rings. The number of carbonyl (C=O) groups excluding carboxylic acids is 2. The Bertz CT molecular complexity index is 933. The Balaban J connectivity index is 1.92. The zero-order chi connectivity index (χ0) is 22.1. The number of nitro groups is 1. The minimum Gasteiger partial charge on any atom is -0.493 e. The van der Waals surface area contributed by atoms with Crippen LogP contribution in [-0.2, 0) is 4.79 Å². The lowest BCUT2D eigenvalue weighted by Crippen LogP contribution is -2.34. The summed E-state index contributed by atoms with van der Waals surface area (Å²) in [5, 5.41) is 16.8. The van der Waals surface area contributed by atoms with Crippen molar-refractivity contribution in [1.82, 2.24) is 10.7 Å². The topological polar surface area (TPSA) is 141 Å². The Kier molecular flexibility index (Phi) is 7.68. The Hall–Kier alpha value is -4.15. The van der Waals surface area contributed by atoms with Crippen molar-refractivity contribution in [3.05, 3.63) is 57.6 Å². The first-order valence-electron chi connectivity index (χ1n) is 8.54. The van der Waals surface area contributed by atoms with E-state index in [2.05, 4.69) is 15.8 Å². The number of methoxy groups -OCH3 is 3. The summed E-state index contributed by atoms with van der Waals surface area (Å²) in [7, 11) is 4.30. The molecule has 2 amide bonds. The van der Waals surface area contributed by atoms with Gasteiger partial charge < -0.3 is 19.5 Å². The summed E-state index contributed by atoms with van der Waals surface area (Å²) in [5.74, 6) is -0.133. The highest BCUT2D eigenvalue weighted by Crippen LogP contribution is 2.38. The van der Waals surface area contributed by atoms with Crippen LogP contribution in [0.3, 0.4) is 0 Å². The first-order chi connectivity index (χ1) is 14.4. The molecule has 30 heavy (non-hydrogen) atoms. The molecule has 2 rings (SSSR count). The highest BCUT2D eigenvalue weighted by Gasteiger charge is 2.17. The summed E-state index contributed by atoms with van der Waals surface area (Å²) in [6.07, 6.45) is 1.32. The molecular weight excluding hydrogens is 396 g/mol. The van der Waals surface area contributed by atoms with E-state index in [4.69, 9.17) is 14.2 Å². The fraction of sp³-hybridized carbons (Fsp3) is 0.211. The third kappa shape index (κ3) is 5.67. The standard InChI is InChI=1S/C19H20N4O7/c1-28-15-8-13(9-16(29-2)18(15)30-3)19(25)20-11-17(24)22-21-10-12-4-6-14(7-5-12)23(26)27/h4-10H,11H2,1-3H3,(H,20,25)(H,22,24)/b21-10+. The van der Waals surface area contributed by atoms with Gasteiger partial charge in [-0.3, -0.25) is 19.7 Å². The number of rotatable bonds is 9. The lowest BCUT2D eigenvalue weighted by molar-refractivity contribution is -0.384. The first-order valence-corrected chi connectivity index (χ1v) is 8.54. The molecule has 2 N–H and O–H groups in total. The summed E-state index contributed by atoms with van der Waals surface area (Å²) in [4.78, 5) is 34.3. The molecule has 0 saturated heterocycles. The number of nitrogens with one attached hydrogen (secondary N) is 2. The third-order valence-electron chi connectivity index (χ3n) is 3.84. The molecule has 0 atom stereocenters. The number of carbonyl (C=O) groups is 2. The Morgan fingerprint density at radius 1 is 1.07 bits per heavy atom. The van der Waals surface area contributed by atoms with E-state index < -0.39 is 16.7 Å². The number of ether oxygens (including phenoxy) is 3. The second-order valence-electron chi connectivity index (χ2n) is 5.74. The number of non-ortho nitro benzene ring substituents is 1. The fourth-order valence-electron chi connectivity index (χ4n) is 2.38. The smallest absolute Gasteiger partial charge is 0.269 e.